The summed E-state index contributed by atoms with van der Waals surface area (Å²) in [5.41, 5.74) is 0. The second-order valence-corrected chi connectivity index (χ2v) is 8.04. The third kappa shape index (κ3) is 2.89. The average molecular weight is 356 g/mol. The Bertz CT molecular complexity index is 888. The number of anilines is 1. The molecule has 1 saturated heterocycles. The molecule has 0 radical (unpaired) electrons. The summed E-state index contributed by atoms with van der Waals surface area (Å²) in [6.07, 6.45) is 5.75. The first-order valence-electron chi connectivity index (χ1n) is 8.73. The molecule has 2 aliphatic rings. The molecule has 1 aliphatic carbocycles. The minimum absolute atomic E-state index is 0.138. The number of hydrogen-bond acceptors (Lipinski definition) is 7. The van der Waals surface area contributed by atoms with E-state index < -0.39 is 0 Å². The predicted octanol–water partition coefficient (Wildman–Crippen LogP) is 2.55. The fourth-order valence-corrected chi connectivity index (χ4v) is 4.24. The number of aryl methyl sites for hydroxylation is 1. The minimum atomic E-state index is 0.138. The molecule has 0 aromatic carbocycles. The van der Waals surface area contributed by atoms with Gasteiger partial charge in [-0.1, -0.05) is 0 Å². The molecule has 2 fully saturated rings. The van der Waals surface area contributed by atoms with E-state index in [4.69, 9.17) is 14.7 Å². The highest BCUT2D eigenvalue weighted by Gasteiger charge is 2.30. The smallest absolute Gasteiger partial charge is 0.141 e. The number of hydrogen-bond donors (Lipinski definition) is 0. The Morgan fingerprint density at radius 3 is 3.00 bits per heavy atom. The van der Waals surface area contributed by atoms with E-state index in [0.717, 1.165) is 34.9 Å². The van der Waals surface area contributed by atoms with Crippen LogP contribution in [0.3, 0.4) is 0 Å². The fourth-order valence-electron chi connectivity index (χ4n) is 3.36. The lowest BCUT2D eigenvalue weighted by atomic mass is 10.2. The van der Waals surface area contributed by atoms with Crippen LogP contribution >= 0.6 is 11.3 Å². The van der Waals surface area contributed by atoms with Crippen molar-refractivity contribution >= 4 is 27.4 Å². The summed E-state index contributed by atoms with van der Waals surface area (Å²) in [6, 6.07) is 2.35. The number of rotatable bonds is 3. The second kappa shape index (κ2) is 6.03. The van der Waals surface area contributed by atoms with E-state index in [0.29, 0.717) is 19.1 Å². The lowest BCUT2D eigenvalue weighted by Crippen LogP contribution is -2.32. The van der Waals surface area contributed by atoms with E-state index >= 15 is 0 Å². The van der Waals surface area contributed by atoms with Crippen molar-refractivity contribution in [2.45, 2.75) is 31.7 Å². The SMILES string of the molecule is Cc1cc2c(N3CCOCC(n4cncn4)C3)nc(C3CC3)nc2s1. The molecule has 0 amide bonds. The number of thiophene rings is 1. The molecule has 0 spiro atoms. The maximum absolute atomic E-state index is 5.82. The van der Waals surface area contributed by atoms with Crippen LogP contribution in [0.5, 0.6) is 0 Å². The topological polar surface area (TPSA) is 69.0 Å². The predicted molar refractivity (Wildman–Crippen MR) is 96.2 cm³/mol. The van der Waals surface area contributed by atoms with Crippen molar-refractivity contribution in [3.63, 3.8) is 0 Å². The summed E-state index contributed by atoms with van der Waals surface area (Å²) in [5, 5.41) is 5.46. The highest BCUT2D eigenvalue weighted by Crippen LogP contribution is 2.41. The number of aromatic nitrogens is 5. The van der Waals surface area contributed by atoms with Gasteiger partial charge in [-0.15, -0.1) is 11.3 Å². The van der Waals surface area contributed by atoms with Gasteiger partial charge in [0.15, 0.2) is 0 Å². The highest BCUT2D eigenvalue weighted by molar-refractivity contribution is 7.18. The van der Waals surface area contributed by atoms with Crippen LogP contribution in [0.4, 0.5) is 5.82 Å². The summed E-state index contributed by atoms with van der Waals surface area (Å²) in [6.45, 7) is 5.12. The normalized spacial score (nSPS) is 21.6. The Morgan fingerprint density at radius 2 is 2.20 bits per heavy atom. The summed E-state index contributed by atoms with van der Waals surface area (Å²) in [5.74, 6) is 2.60. The Kier molecular flexibility index (Phi) is 3.67. The zero-order valence-electron chi connectivity index (χ0n) is 14.1. The van der Waals surface area contributed by atoms with Gasteiger partial charge in [0.2, 0.25) is 0 Å². The van der Waals surface area contributed by atoms with Crippen LogP contribution in [-0.2, 0) is 4.74 Å². The van der Waals surface area contributed by atoms with Crippen molar-refractivity contribution in [3.05, 3.63) is 29.4 Å². The molecule has 130 valence electrons. The van der Waals surface area contributed by atoms with Gasteiger partial charge in [0.1, 0.15) is 29.1 Å². The second-order valence-electron chi connectivity index (χ2n) is 6.81. The summed E-state index contributed by atoms with van der Waals surface area (Å²) >= 11 is 1.76. The van der Waals surface area contributed by atoms with Crippen LogP contribution in [0.1, 0.15) is 35.5 Å². The molecule has 1 unspecified atom stereocenters. The lowest BCUT2D eigenvalue weighted by Gasteiger charge is -2.25. The molecular weight excluding hydrogens is 336 g/mol. The largest absolute Gasteiger partial charge is 0.377 e. The molecule has 1 aliphatic heterocycles. The van der Waals surface area contributed by atoms with Gasteiger partial charge >= 0.3 is 0 Å². The third-order valence-corrected chi connectivity index (χ3v) is 5.76. The van der Waals surface area contributed by atoms with Crippen LogP contribution in [0.15, 0.2) is 18.7 Å². The molecule has 1 saturated carbocycles. The summed E-state index contributed by atoms with van der Waals surface area (Å²) in [4.78, 5) is 18.6. The van der Waals surface area contributed by atoms with Crippen molar-refractivity contribution in [2.75, 3.05) is 31.2 Å². The van der Waals surface area contributed by atoms with Gasteiger partial charge in [-0.3, -0.25) is 0 Å². The monoisotopic (exact) mass is 356 g/mol. The molecule has 3 aromatic heterocycles. The lowest BCUT2D eigenvalue weighted by molar-refractivity contribution is 0.122. The van der Waals surface area contributed by atoms with E-state index in [1.54, 1.807) is 24.0 Å². The van der Waals surface area contributed by atoms with Gasteiger partial charge in [0.25, 0.3) is 0 Å². The first kappa shape index (κ1) is 15.2. The van der Waals surface area contributed by atoms with Crippen molar-refractivity contribution in [2.24, 2.45) is 0 Å². The maximum Gasteiger partial charge on any atom is 0.141 e. The van der Waals surface area contributed by atoms with Crippen LogP contribution in [0.25, 0.3) is 10.2 Å². The van der Waals surface area contributed by atoms with Crippen molar-refractivity contribution < 1.29 is 4.74 Å². The van der Waals surface area contributed by atoms with E-state index in [1.807, 2.05) is 4.68 Å². The quantitative estimate of drug-likeness (QED) is 0.718. The Morgan fingerprint density at radius 1 is 1.28 bits per heavy atom. The third-order valence-electron chi connectivity index (χ3n) is 4.81. The van der Waals surface area contributed by atoms with Gasteiger partial charge < -0.3 is 9.64 Å². The van der Waals surface area contributed by atoms with Gasteiger partial charge in [0, 0.05) is 23.9 Å². The highest BCUT2D eigenvalue weighted by atomic mass is 32.1. The Hall–Kier alpha value is -2.06. The first-order valence-corrected chi connectivity index (χ1v) is 9.54. The van der Waals surface area contributed by atoms with Crippen LogP contribution < -0.4 is 4.90 Å². The molecule has 5 rings (SSSR count). The molecule has 8 heteroatoms. The Labute approximate surface area is 149 Å². The van der Waals surface area contributed by atoms with Crippen LogP contribution in [-0.4, -0.2) is 51.0 Å². The van der Waals surface area contributed by atoms with E-state index in [1.165, 1.54) is 17.7 Å². The minimum Gasteiger partial charge on any atom is -0.377 e. The average Bonchev–Trinajstić information content (AvgIpc) is 3.26. The zero-order chi connectivity index (χ0) is 16.8. The van der Waals surface area contributed by atoms with Gasteiger partial charge in [-0.25, -0.2) is 19.6 Å². The molecule has 4 heterocycles. The summed E-state index contributed by atoms with van der Waals surface area (Å²) in [7, 11) is 0. The van der Waals surface area contributed by atoms with E-state index in [9.17, 15) is 0 Å². The number of nitrogens with zero attached hydrogens (tertiary/aromatic N) is 6. The van der Waals surface area contributed by atoms with Gasteiger partial charge in [0.05, 0.1) is 24.6 Å². The molecule has 1 atom stereocenters. The number of ether oxygens (including phenoxy) is 1. The standard InChI is InChI=1S/C17H20N6OS/c1-11-6-14-16(20-15(12-2-3-12)21-17(14)25-11)22-4-5-24-8-13(7-22)23-10-18-9-19-23/h6,9-10,12-13H,2-5,7-8H2,1H3. The molecule has 3 aromatic rings. The maximum atomic E-state index is 5.82. The van der Waals surface area contributed by atoms with Crippen LogP contribution in [0, 0.1) is 6.92 Å². The molecule has 0 bridgehead atoms. The van der Waals surface area contributed by atoms with Crippen LogP contribution in [0.2, 0.25) is 0 Å². The van der Waals surface area contributed by atoms with Crippen molar-refractivity contribution in [3.8, 4) is 0 Å². The van der Waals surface area contributed by atoms with E-state index in [2.05, 4.69) is 28.0 Å². The molecular formula is C17H20N6OS. The molecule has 7 nitrogen and oxygen atoms in total. The Balaban J connectivity index is 1.56. The molecule has 25 heavy (non-hydrogen) atoms. The van der Waals surface area contributed by atoms with Gasteiger partial charge in [-0.2, -0.15) is 5.10 Å². The molecule has 0 N–H and O–H groups in total. The first-order chi connectivity index (χ1) is 12.3. The number of fused-ring (bicyclic) bond motifs is 1. The summed E-state index contributed by atoms with van der Waals surface area (Å²) < 4.78 is 7.71. The van der Waals surface area contributed by atoms with Crippen molar-refractivity contribution in [1.29, 1.82) is 0 Å². The fraction of sp³-hybridized carbons (Fsp3) is 0.529. The van der Waals surface area contributed by atoms with Crippen molar-refractivity contribution in [1.82, 2.24) is 24.7 Å². The van der Waals surface area contributed by atoms with Gasteiger partial charge in [-0.05, 0) is 25.8 Å². The zero-order valence-corrected chi connectivity index (χ0v) is 14.9. The van der Waals surface area contributed by atoms with E-state index in [-0.39, 0.29) is 6.04 Å².